The second-order valence-corrected chi connectivity index (χ2v) is 5.80. The Hall–Kier alpha value is -1.62. The Labute approximate surface area is 129 Å². The lowest BCUT2D eigenvalue weighted by Crippen LogP contribution is -2.15. The van der Waals surface area contributed by atoms with Gasteiger partial charge >= 0.3 is 0 Å². The molecule has 0 spiro atoms. The maximum Gasteiger partial charge on any atom is 0.161 e. The fourth-order valence-electron chi connectivity index (χ4n) is 2.27. The Morgan fingerprint density at radius 3 is 2.48 bits per heavy atom. The van der Waals surface area contributed by atoms with E-state index in [-0.39, 0.29) is 4.83 Å². The number of alkyl halides is 1. The lowest BCUT2D eigenvalue weighted by Gasteiger charge is -2.20. The summed E-state index contributed by atoms with van der Waals surface area (Å²) in [6.45, 7) is 2.63. The largest absolute Gasteiger partial charge is 0.486 e. The highest BCUT2D eigenvalue weighted by Gasteiger charge is 2.20. The molecule has 0 fully saturated rings. The topological polar surface area (TPSA) is 18.5 Å². The zero-order valence-electron chi connectivity index (χ0n) is 11.3. The smallest absolute Gasteiger partial charge is 0.161 e. The van der Waals surface area contributed by atoms with Gasteiger partial charge in [0.05, 0.1) is 4.83 Å². The molecule has 0 aliphatic carbocycles. The molecule has 0 N–H and O–H groups in total. The molecule has 0 saturated heterocycles. The van der Waals surface area contributed by atoms with Gasteiger partial charge in [0.2, 0.25) is 0 Å². The van der Waals surface area contributed by atoms with E-state index in [1.807, 2.05) is 12.1 Å². The van der Waals surface area contributed by atoms with Gasteiger partial charge in [-0.3, -0.25) is 0 Å². The summed E-state index contributed by atoms with van der Waals surface area (Å²) in [4.78, 5) is -0.382. The zero-order chi connectivity index (χ0) is 15.0. The molecule has 0 amide bonds. The van der Waals surface area contributed by atoms with E-state index in [0.29, 0.717) is 35.8 Å². The van der Waals surface area contributed by atoms with E-state index in [1.165, 1.54) is 6.07 Å². The lowest BCUT2D eigenvalue weighted by atomic mass is 10.0. The predicted molar refractivity (Wildman–Crippen MR) is 79.3 cm³/mol. The molecule has 5 heteroatoms. The van der Waals surface area contributed by atoms with Gasteiger partial charge in [-0.05, 0) is 36.2 Å². The van der Waals surface area contributed by atoms with Crippen molar-refractivity contribution >= 4 is 15.9 Å². The van der Waals surface area contributed by atoms with Crippen molar-refractivity contribution < 1.29 is 18.3 Å². The minimum atomic E-state index is -0.574. The molecule has 1 aliphatic heterocycles. The Morgan fingerprint density at radius 1 is 1.00 bits per heavy atom. The average Bonchev–Trinajstić information content (AvgIpc) is 2.50. The van der Waals surface area contributed by atoms with Crippen molar-refractivity contribution in [2.24, 2.45) is 0 Å². The average molecular weight is 355 g/mol. The first-order chi connectivity index (χ1) is 10.1. The number of halogens is 3. The van der Waals surface area contributed by atoms with E-state index >= 15 is 0 Å². The number of rotatable bonds is 2. The maximum absolute atomic E-state index is 14.0. The molecule has 2 aromatic rings. The molecule has 1 unspecified atom stereocenters. The number of fused-ring (bicyclic) bond motifs is 1. The van der Waals surface area contributed by atoms with Gasteiger partial charge in [0.25, 0.3) is 0 Å². The van der Waals surface area contributed by atoms with Crippen molar-refractivity contribution in [1.29, 1.82) is 0 Å². The van der Waals surface area contributed by atoms with Gasteiger partial charge < -0.3 is 9.47 Å². The lowest BCUT2D eigenvalue weighted by molar-refractivity contribution is 0.171. The van der Waals surface area contributed by atoms with Crippen LogP contribution in [0.1, 0.15) is 21.5 Å². The summed E-state index contributed by atoms with van der Waals surface area (Å²) in [5.74, 6) is 0.205. The molecule has 110 valence electrons. The fraction of sp³-hybridized carbons (Fsp3) is 0.250. The number of hydrogen-bond acceptors (Lipinski definition) is 2. The Balaban J connectivity index is 1.98. The third kappa shape index (κ3) is 2.75. The minimum Gasteiger partial charge on any atom is -0.486 e. The first-order valence-electron chi connectivity index (χ1n) is 6.55. The van der Waals surface area contributed by atoms with Crippen LogP contribution in [0.5, 0.6) is 11.5 Å². The van der Waals surface area contributed by atoms with Crippen LogP contribution in [-0.4, -0.2) is 13.2 Å². The molecule has 1 atom stereocenters. The van der Waals surface area contributed by atoms with Crippen molar-refractivity contribution in [1.82, 2.24) is 0 Å². The molecule has 2 aromatic carbocycles. The Kier molecular flexibility index (Phi) is 3.85. The molecule has 0 aromatic heterocycles. The molecule has 21 heavy (non-hydrogen) atoms. The third-order valence-corrected chi connectivity index (χ3v) is 4.43. The molecular formula is C16H13BrF2O2. The van der Waals surface area contributed by atoms with Crippen molar-refractivity contribution in [3.8, 4) is 11.5 Å². The van der Waals surface area contributed by atoms with Crippen LogP contribution in [0.2, 0.25) is 0 Å². The Bertz CT molecular complexity index is 688. The Morgan fingerprint density at radius 2 is 1.71 bits per heavy atom. The SMILES string of the molecule is Cc1cc(C(Br)c2ccc3c(c2)OCCO3)c(F)cc1F. The summed E-state index contributed by atoms with van der Waals surface area (Å²) in [5.41, 5.74) is 1.63. The van der Waals surface area contributed by atoms with Gasteiger partial charge in [-0.1, -0.05) is 22.0 Å². The molecule has 2 nitrogen and oxygen atoms in total. The van der Waals surface area contributed by atoms with Crippen molar-refractivity contribution in [3.05, 3.63) is 58.7 Å². The van der Waals surface area contributed by atoms with Crippen LogP contribution in [0.25, 0.3) is 0 Å². The molecule has 1 heterocycles. The molecule has 1 aliphatic rings. The molecule has 0 radical (unpaired) electrons. The summed E-state index contributed by atoms with van der Waals surface area (Å²) < 4.78 is 38.3. The maximum atomic E-state index is 14.0. The summed E-state index contributed by atoms with van der Waals surface area (Å²) in [6, 6.07) is 7.88. The number of benzene rings is 2. The monoisotopic (exact) mass is 354 g/mol. The highest BCUT2D eigenvalue weighted by molar-refractivity contribution is 9.09. The number of aryl methyl sites for hydroxylation is 1. The second kappa shape index (κ2) is 5.64. The van der Waals surface area contributed by atoms with Crippen LogP contribution in [0, 0.1) is 18.6 Å². The van der Waals surface area contributed by atoms with Crippen LogP contribution in [0.3, 0.4) is 0 Å². The van der Waals surface area contributed by atoms with E-state index in [0.717, 1.165) is 11.6 Å². The summed E-state index contributed by atoms with van der Waals surface area (Å²) in [7, 11) is 0. The first kappa shape index (κ1) is 14.3. The van der Waals surface area contributed by atoms with Crippen molar-refractivity contribution in [2.45, 2.75) is 11.8 Å². The van der Waals surface area contributed by atoms with Crippen LogP contribution in [0.15, 0.2) is 30.3 Å². The van der Waals surface area contributed by atoms with Gasteiger partial charge in [0, 0.05) is 11.6 Å². The van der Waals surface area contributed by atoms with Crippen LogP contribution in [-0.2, 0) is 0 Å². The molecule has 0 bridgehead atoms. The van der Waals surface area contributed by atoms with Crippen molar-refractivity contribution in [3.63, 3.8) is 0 Å². The molecule has 3 rings (SSSR count). The van der Waals surface area contributed by atoms with Crippen LogP contribution < -0.4 is 9.47 Å². The van der Waals surface area contributed by atoms with Gasteiger partial charge in [0.15, 0.2) is 11.5 Å². The standard InChI is InChI=1S/C16H13BrF2O2/c1-9-6-11(13(19)8-12(9)18)16(17)10-2-3-14-15(7-10)21-5-4-20-14/h2-3,6-8,16H,4-5H2,1H3. The quantitative estimate of drug-likeness (QED) is 0.737. The van der Waals surface area contributed by atoms with E-state index in [2.05, 4.69) is 15.9 Å². The van der Waals surface area contributed by atoms with Crippen molar-refractivity contribution in [2.75, 3.05) is 13.2 Å². The van der Waals surface area contributed by atoms with Gasteiger partial charge in [0.1, 0.15) is 24.8 Å². The third-order valence-electron chi connectivity index (χ3n) is 3.41. The highest BCUT2D eigenvalue weighted by Crippen LogP contribution is 2.38. The van der Waals surface area contributed by atoms with Crippen LogP contribution >= 0.6 is 15.9 Å². The van der Waals surface area contributed by atoms with E-state index in [1.54, 1.807) is 13.0 Å². The van der Waals surface area contributed by atoms with E-state index in [4.69, 9.17) is 9.47 Å². The molecular weight excluding hydrogens is 342 g/mol. The number of ether oxygens (including phenoxy) is 2. The highest BCUT2D eigenvalue weighted by atomic mass is 79.9. The zero-order valence-corrected chi connectivity index (χ0v) is 12.9. The van der Waals surface area contributed by atoms with Gasteiger partial charge in [-0.2, -0.15) is 0 Å². The number of hydrogen-bond donors (Lipinski definition) is 0. The van der Waals surface area contributed by atoms with Crippen LogP contribution in [0.4, 0.5) is 8.78 Å². The fourth-order valence-corrected chi connectivity index (χ4v) is 2.91. The summed E-state index contributed by atoms with van der Waals surface area (Å²) in [6.07, 6.45) is 0. The molecule has 0 saturated carbocycles. The normalized spacial score (nSPS) is 14.9. The van der Waals surface area contributed by atoms with E-state index in [9.17, 15) is 8.78 Å². The van der Waals surface area contributed by atoms with E-state index < -0.39 is 11.6 Å². The minimum absolute atomic E-state index is 0.382. The van der Waals surface area contributed by atoms with Gasteiger partial charge in [-0.25, -0.2) is 8.78 Å². The predicted octanol–water partition coefficient (Wildman–Crippen LogP) is 4.53. The second-order valence-electron chi connectivity index (χ2n) is 4.89. The summed E-state index contributed by atoms with van der Waals surface area (Å²) in [5, 5.41) is 0. The first-order valence-corrected chi connectivity index (χ1v) is 7.47. The van der Waals surface area contributed by atoms with Gasteiger partial charge in [-0.15, -0.1) is 0 Å². The summed E-state index contributed by atoms with van der Waals surface area (Å²) >= 11 is 3.47.